The zero-order chi connectivity index (χ0) is 35.8. The van der Waals surface area contributed by atoms with Crippen LogP contribution in [0.5, 0.6) is 0 Å². The normalized spacial score (nSPS) is 11.3. The predicted octanol–water partition coefficient (Wildman–Crippen LogP) is 15.3. The van der Waals surface area contributed by atoms with E-state index in [0.717, 1.165) is 11.4 Å². The minimum atomic E-state index is 1.11. The van der Waals surface area contributed by atoms with Crippen molar-refractivity contribution in [3.63, 3.8) is 0 Å². The Balaban J connectivity index is 1.08. The second-order valence-corrected chi connectivity index (χ2v) is 14.8. The van der Waals surface area contributed by atoms with Crippen LogP contribution >= 0.6 is 11.3 Å². The smallest absolute Gasteiger partial charge is 0.0555 e. The Hall–Kier alpha value is -6.74. The summed E-state index contributed by atoms with van der Waals surface area (Å²) < 4.78 is 2.58. The molecular formula is C52H35NS. The zero-order valence-corrected chi connectivity index (χ0v) is 30.4. The van der Waals surface area contributed by atoms with Crippen molar-refractivity contribution in [3.05, 3.63) is 212 Å². The van der Waals surface area contributed by atoms with Gasteiger partial charge in [-0.1, -0.05) is 164 Å². The van der Waals surface area contributed by atoms with Crippen molar-refractivity contribution in [1.29, 1.82) is 0 Å². The molecule has 1 aromatic heterocycles. The molecule has 1 nitrogen and oxygen atoms in total. The van der Waals surface area contributed by atoms with Gasteiger partial charge in [0.15, 0.2) is 0 Å². The molecule has 0 atom stereocenters. The maximum Gasteiger partial charge on any atom is 0.0555 e. The van der Waals surface area contributed by atoms with Crippen LogP contribution < -0.4 is 4.90 Å². The van der Waals surface area contributed by atoms with Crippen LogP contribution in [0.2, 0.25) is 0 Å². The lowest BCUT2D eigenvalue weighted by Gasteiger charge is -2.29. The summed E-state index contributed by atoms with van der Waals surface area (Å²) in [5.41, 5.74) is 13.1. The third-order valence-electron chi connectivity index (χ3n) is 10.5. The number of hydrogen-bond acceptors (Lipinski definition) is 2. The molecule has 0 N–H and O–H groups in total. The molecular weight excluding hydrogens is 671 g/mol. The molecule has 1 heterocycles. The molecule has 0 radical (unpaired) electrons. The first-order valence-electron chi connectivity index (χ1n) is 18.4. The third kappa shape index (κ3) is 5.84. The summed E-state index contributed by atoms with van der Waals surface area (Å²) in [6, 6.07) is 77.1. The third-order valence-corrected chi connectivity index (χ3v) is 11.6. The zero-order valence-electron chi connectivity index (χ0n) is 29.6. The van der Waals surface area contributed by atoms with E-state index in [0.29, 0.717) is 0 Å². The van der Waals surface area contributed by atoms with Crippen LogP contribution in [-0.2, 0) is 0 Å². The van der Waals surface area contributed by atoms with Gasteiger partial charge >= 0.3 is 0 Å². The van der Waals surface area contributed by atoms with Crippen molar-refractivity contribution in [3.8, 4) is 44.5 Å². The summed E-state index contributed by atoms with van der Waals surface area (Å²) in [6.07, 6.45) is 0. The van der Waals surface area contributed by atoms with Gasteiger partial charge in [-0.3, -0.25) is 0 Å². The van der Waals surface area contributed by atoms with Gasteiger partial charge in [-0.2, -0.15) is 0 Å². The van der Waals surface area contributed by atoms with Crippen LogP contribution in [-0.4, -0.2) is 0 Å². The van der Waals surface area contributed by atoms with Gasteiger partial charge in [-0.25, -0.2) is 0 Å². The Bertz CT molecular complexity index is 2910. The predicted molar refractivity (Wildman–Crippen MR) is 233 cm³/mol. The topological polar surface area (TPSA) is 3.24 Å². The van der Waals surface area contributed by atoms with Gasteiger partial charge in [-0.15, -0.1) is 11.3 Å². The van der Waals surface area contributed by atoms with Crippen LogP contribution in [0.15, 0.2) is 212 Å². The number of fused-ring (bicyclic) bond motifs is 4. The van der Waals surface area contributed by atoms with Crippen LogP contribution in [0.25, 0.3) is 75.5 Å². The average molecular weight is 706 g/mol. The Morgan fingerprint density at radius 1 is 0.315 bits per heavy atom. The van der Waals surface area contributed by atoms with E-state index in [4.69, 9.17) is 0 Å². The number of anilines is 3. The Labute approximate surface area is 319 Å². The van der Waals surface area contributed by atoms with Gasteiger partial charge in [0.05, 0.1) is 11.4 Å². The van der Waals surface area contributed by atoms with Crippen molar-refractivity contribution in [2.45, 2.75) is 0 Å². The van der Waals surface area contributed by atoms with E-state index >= 15 is 0 Å². The molecule has 0 saturated heterocycles. The lowest BCUT2D eigenvalue weighted by Crippen LogP contribution is -2.11. The number of hydrogen-bond donors (Lipinski definition) is 0. The van der Waals surface area contributed by atoms with E-state index in [1.165, 1.54) is 81.1 Å². The highest BCUT2D eigenvalue weighted by atomic mass is 32.1. The second kappa shape index (κ2) is 13.7. The first kappa shape index (κ1) is 32.0. The van der Waals surface area contributed by atoms with Crippen molar-refractivity contribution < 1.29 is 0 Å². The molecule has 0 unspecified atom stereocenters. The van der Waals surface area contributed by atoms with Crippen molar-refractivity contribution in [1.82, 2.24) is 0 Å². The maximum absolute atomic E-state index is 2.46. The van der Waals surface area contributed by atoms with Gasteiger partial charge in [0.25, 0.3) is 0 Å². The molecule has 54 heavy (non-hydrogen) atoms. The molecule has 0 aliphatic heterocycles. The maximum atomic E-state index is 2.46. The Kier molecular flexibility index (Phi) is 8.09. The van der Waals surface area contributed by atoms with Gasteiger partial charge in [0, 0.05) is 31.4 Å². The van der Waals surface area contributed by atoms with E-state index < -0.39 is 0 Å². The van der Waals surface area contributed by atoms with Crippen molar-refractivity contribution in [2.75, 3.05) is 4.90 Å². The summed E-state index contributed by atoms with van der Waals surface area (Å²) in [5.74, 6) is 0. The van der Waals surface area contributed by atoms with Crippen LogP contribution in [0, 0.1) is 0 Å². The molecule has 10 aromatic rings. The lowest BCUT2D eigenvalue weighted by atomic mass is 9.97. The summed E-state index contributed by atoms with van der Waals surface area (Å²) >= 11 is 1.86. The summed E-state index contributed by atoms with van der Waals surface area (Å²) in [5, 5.41) is 5.04. The standard InChI is InChI=1S/C52H35NS/c1-3-12-36(13-4-1)38-22-24-40(25-23-38)46-16-7-9-18-48(46)53(49-19-11-21-51-52(49)47-17-8-10-20-50(47)54-51)45-32-30-39(31-33-45)42-27-29-43-34-41(26-28-44(43)35-42)37-14-5-2-6-15-37/h1-35H. The minimum Gasteiger partial charge on any atom is -0.309 e. The molecule has 0 fully saturated rings. The molecule has 0 aliphatic rings. The molecule has 254 valence electrons. The minimum absolute atomic E-state index is 1.11. The van der Waals surface area contributed by atoms with E-state index in [-0.39, 0.29) is 0 Å². The fourth-order valence-corrected chi connectivity index (χ4v) is 8.90. The number of benzene rings is 9. The Morgan fingerprint density at radius 2 is 0.796 bits per heavy atom. The fraction of sp³-hybridized carbons (Fsp3) is 0. The molecule has 0 bridgehead atoms. The van der Waals surface area contributed by atoms with Crippen LogP contribution in [0.4, 0.5) is 17.1 Å². The van der Waals surface area contributed by atoms with E-state index in [1.54, 1.807) is 0 Å². The summed E-state index contributed by atoms with van der Waals surface area (Å²) in [7, 11) is 0. The van der Waals surface area contributed by atoms with Gasteiger partial charge in [0.2, 0.25) is 0 Å². The molecule has 0 saturated carbocycles. The highest BCUT2D eigenvalue weighted by molar-refractivity contribution is 7.26. The SMILES string of the molecule is c1ccc(-c2ccc(-c3ccccc3N(c3ccc(-c4ccc5cc(-c6ccccc6)ccc5c4)cc3)c3cccc4sc5ccccc5c34)cc2)cc1. The van der Waals surface area contributed by atoms with Gasteiger partial charge in [-0.05, 0) is 98.2 Å². The quantitative estimate of drug-likeness (QED) is 0.160. The molecule has 2 heteroatoms. The lowest BCUT2D eigenvalue weighted by molar-refractivity contribution is 1.30. The number of rotatable bonds is 7. The highest BCUT2D eigenvalue weighted by Gasteiger charge is 2.21. The van der Waals surface area contributed by atoms with E-state index in [2.05, 4.69) is 217 Å². The monoisotopic (exact) mass is 705 g/mol. The molecule has 0 aliphatic carbocycles. The van der Waals surface area contributed by atoms with E-state index in [9.17, 15) is 0 Å². The van der Waals surface area contributed by atoms with Gasteiger partial charge < -0.3 is 4.90 Å². The summed E-state index contributed by atoms with van der Waals surface area (Å²) in [4.78, 5) is 2.46. The van der Waals surface area contributed by atoms with Gasteiger partial charge in [0.1, 0.15) is 0 Å². The molecule has 0 amide bonds. The fourth-order valence-electron chi connectivity index (χ4n) is 7.77. The van der Waals surface area contributed by atoms with Crippen LogP contribution in [0.1, 0.15) is 0 Å². The van der Waals surface area contributed by atoms with E-state index in [1.807, 2.05) is 11.3 Å². The highest BCUT2D eigenvalue weighted by Crippen LogP contribution is 2.47. The number of nitrogens with zero attached hydrogens (tertiary/aromatic N) is 1. The molecule has 9 aromatic carbocycles. The molecule has 10 rings (SSSR count). The number of para-hydroxylation sites is 1. The van der Waals surface area contributed by atoms with Crippen molar-refractivity contribution in [2.24, 2.45) is 0 Å². The first-order chi connectivity index (χ1) is 26.8. The second-order valence-electron chi connectivity index (χ2n) is 13.7. The van der Waals surface area contributed by atoms with Crippen LogP contribution in [0.3, 0.4) is 0 Å². The Morgan fingerprint density at radius 3 is 1.50 bits per heavy atom. The van der Waals surface area contributed by atoms with Crippen molar-refractivity contribution >= 4 is 59.3 Å². The average Bonchev–Trinajstić information content (AvgIpc) is 3.64. The number of thiophene rings is 1. The summed E-state index contributed by atoms with van der Waals surface area (Å²) in [6.45, 7) is 0. The first-order valence-corrected chi connectivity index (χ1v) is 19.2. The molecule has 0 spiro atoms. The largest absolute Gasteiger partial charge is 0.309 e.